The lowest BCUT2D eigenvalue weighted by Gasteiger charge is -2.29. The molecule has 0 unspecified atom stereocenters. The molecule has 0 aliphatic rings. The first-order valence-corrected chi connectivity index (χ1v) is 22.8. The number of nitrogens with zero attached hydrogens (tertiary/aromatic N) is 3. The topological polar surface area (TPSA) is 24.6 Å². The number of thiophene rings is 1. The zero-order valence-corrected chi connectivity index (χ0v) is 36.0. The Kier molecular flexibility index (Phi) is 8.68. The molecule has 0 saturated carbocycles. The van der Waals surface area contributed by atoms with Gasteiger partial charge in [-0.3, -0.25) is 0 Å². The smallest absolute Gasteiger partial charge is 0.137 e. The molecule has 0 aliphatic carbocycles. The second-order valence-corrected chi connectivity index (χ2v) is 17.6. The summed E-state index contributed by atoms with van der Waals surface area (Å²) in [5.74, 6) is 0. The quantitative estimate of drug-likeness (QED) is 0.152. The third-order valence-corrected chi connectivity index (χ3v) is 13.9. The van der Waals surface area contributed by atoms with E-state index in [-0.39, 0.29) is 0 Å². The Hall–Kier alpha value is -8.38. The molecule has 0 N–H and O–H groups in total. The first-order valence-electron chi connectivity index (χ1n) is 22.0. The number of furan rings is 1. The first kappa shape index (κ1) is 37.2. The monoisotopic (exact) mass is 849 g/mol. The maximum Gasteiger partial charge on any atom is 0.137 e. The Balaban J connectivity index is 0.985. The van der Waals surface area contributed by atoms with Gasteiger partial charge >= 0.3 is 0 Å². The van der Waals surface area contributed by atoms with E-state index in [4.69, 9.17) is 4.42 Å². The fourth-order valence-electron chi connectivity index (χ4n) is 9.86. The summed E-state index contributed by atoms with van der Waals surface area (Å²) in [5, 5.41) is 7.18. The van der Waals surface area contributed by atoms with Crippen molar-refractivity contribution < 1.29 is 4.42 Å². The minimum Gasteiger partial charge on any atom is -0.456 e. The van der Waals surface area contributed by atoms with Gasteiger partial charge in [0, 0.05) is 87.6 Å². The summed E-state index contributed by atoms with van der Waals surface area (Å²) in [6.07, 6.45) is 0. The van der Waals surface area contributed by atoms with Crippen LogP contribution in [0.1, 0.15) is 0 Å². The SMILES string of the molecule is c1ccc(N(c2ccccc2)c2cccc(N(c3ccc4c(c3)oc3cccc(-c5ccc6c7ccccc7n(-c7ccccc7)c6c5)c34)c3ccc4sc5ccccc5c4c3)c2)cc1. The predicted octanol–water partition coefficient (Wildman–Crippen LogP) is 17.7. The molecule has 5 heteroatoms. The molecule has 0 amide bonds. The van der Waals surface area contributed by atoms with Crippen LogP contribution in [0.5, 0.6) is 0 Å². The largest absolute Gasteiger partial charge is 0.456 e. The van der Waals surface area contributed by atoms with Gasteiger partial charge in [0.15, 0.2) is 0 Å². The van der Waals surface area contributed by atoms with Gasteiger partial charge in [0.2, 0.25) is 0 Å². The highest BCUT2D eigenvalue weighted by Gasteiger charge is 2.21. The number of anilines is 6. The summed E-state index contributed by atoms with van der Waals surface area (Å²) in [4.78, 5) is 4.69. The molecule has 13 aromatic rings. The van der Waals surface area contributed by atoms with Crippen molar-refractivity contribution in [1.82, 2.24) is 4.57 Å². The fourth-order valence-corrected chi connectivity index (χ4v) is 10.9. The molecule has 10 aromatic carbocycles. The van der Waals surface area contributed by atoms with Crippen molar-refractivity contribution in [2.45, 2.75) is 0 Å². The lowest BCUT2D eigenvalue weighted by Crippen LogP contribution is -2.13. The van der Waals surface area contributed by atoms with E-state index in [0.717, 1.165) is 72.9 Å². The number of hydrogen-bond donors (Lipinski definition) is 0. The van der Waals surface area contributed by atoms with E-state index < -0.39 is 0 Å². The summed E-state index contributed by atoms with van der Waals surface area (Å²) in [5.41, 5.74) is 13.9. The third-order valence-electron chi connectivity index (χ3n) is 12.7. The van der Waals surface area contributed by atoms with Gasteiger partial charge in [-0.25, -0.2) is 0 Å². The van der Waals surface area contributed by atoms with Gasteiger partial charge in [0.25, 0.3) is 0 Å². The molecule has 0 saturated heterocycles. The van der Waals surface area contributed by atoms with Gasteiger partial charge in [-0.05, 0) is 120 Å². The van der Waals surface area contributed by atoms with Gasteiger partial charge in [0.1, 0.15) is 11.2 Å². The lowest BCUT2D eigenvalue weighted by atomic mass is 9.98. The summed E-state index contributed by atoms with van der Waals surface area (Å²) < 4.78 is 11.8. The van der Waals surface area contributed by atoms with Crippen LogP contribution in [0.3, 0.4) is 0 Å². The van der Waals surface area contributed by atoms with Gasteiger partial charge < -0.3 is 18.8 Å². The number of rotatable bonds is 8. The van der Waals surface area contributed by atoms with E-state index in [0.29, 0.717) is 0 Å². The van der Waals surface area contributed by atoms with Crippen LogP contribution in [0.25, 0.3) is 80.7 Å². The summed E-state index contributed by atoms with van der Waals surface area (Å²) >= 11 is 1.84. The summed E-state index contributed by atoms with van der Waals surface area (Å²) in [6.45, 7) is 0. The highest BCUT2D eigenvalue weighted by atomic mass is 32.1. The zero-order valence-electron chi connectivity index (χ0n) is 35.2. The standard InChI is InChI=1S/C60H39N3OS/c1-4-16-41(17-5-1)61(42-18-6-2-7-19-42)44-22-14-23-45(37-44)62(46-32-35-59-53(38-46)51-25-11-13-29-58(51)65-59)47-31-34-52-57(39-47)64-56-28-15-26-48(60(52)56)40-30-33-50-49-24-10-12-27-54(49)63(55(50)36-40)43-20-8-3-9-21-43/h1-39H. The Morgan fingerprint density at radius 3 is 1.69 bits per heavy atom. The first-order chi connectivity index (χ1) is 32.2. The van der Waals surface area contributed by atoms with Crippen LogP contribution in [0.2, 0.25) is 0 Å². The van der Waals surface area contributed by atoms with Crippen LogP contribution in [0.4, 0.5) is 34.1 Å². The Bertz CT molecular complexity index is 3870. The number of para-hydroxylation sites is 4. The fraction of sp³-hybridized carbons (Fsp3) is 0. The van der Waals surface area contributed by atoms with E-state index in [2.05, 4.69) is 251 Å². The molecule has 0 atom stereocenters. The molecular formula is C60H39N3OS. The average Bonchev–Trinajstić information content (AvgIpc) is 4.04. The maximum atomic E-state index is 6.86. The minimum atomic E-state index is 0.836. The van der Waals surface area contributed by atoms with Crippen LogP contribution in [-0.2, 0) is 0 Å². The predicted molar refractivity (Wildman–Crippen MR) is 276 cm³/mol. The van der Waals surface area contributed by atoms with Gasteiger partial charge in [-0.15, -0.1) is 11.3 Å². The Labute approximate surface area is 379 Å². The van der Waals surface area contributed by atoms with Crippen LogP contribution in [0, 0.1) is 0 Å². The van der Waals surface area contributed by atoms with E-state index in [1.807, 2.05) is 11.3 Å². The van der Waals surface area contributed by atoms with Crippen LogP contribution in [0.15, 0.2) is 241 Å². The number of fused-ring (bicyclic) bond motifs is 9. The van der Waals surface area contributed by atoms with E-state index >= 15 is 0 Å². The van der Waals surface area contributed by atoms with Crippen molar-refractivity contribution in [3.8, 4) is 16.8 Å². The Morgan fingerprint density at radius 1 is 0.338 bits per heavy atom. The van der Waals surface area contributed by atoms with Gasteiger partial charge in [0.05, 0.1) is 11.0 Å². The molecule has 3 aromatic heterocycles. The highest BCUT2D eigenvalue weighted by molar-refractivity contribution is 7.25. The molecule has 0 fully saturated rings. The molecule has 3 heterocycles. The van der Waals surface area contributed by atoms with Crippen molar-refractivity contribution >= 4 is 109 Å². The zero-order chi connectivity index (χ0) is 42.8. The van der Waals surface area contributed by atoms with Crippen molar-refractivity contribution in [2.75, 3.05) is 9.80 Å². The van der Waals surface area contributed by atoms with Crippen molar-refractivity contribution in [3.05, 3.63) is 237 Å². The number of aromatic nitrogens is 1. The highest BCUT2D eigenvalue weighted by Crippen LogP contribution is 2.46. The molecule has 0 aliphatic heterocycles. The molecule has 0 spiro atoms. The van der Waals surface area contributed by atoms with Crippen LogP contribution >= 0.6 is 11.3 Å². The number of benzene rings is 10. The molecular weight excluding hydrogens is 811 g/mol. The average molecular weight is 850 g/mol. The molecule has 4 nitrogen and oxygen atoms in total. The van der Waals surface area contributed by atoms with E-state index in [1.165, 1.54) is 42.0 Å². The van der Waals surface area contributed by atoms with Gasteiger partial charge in [-0.1, -0.05) is 121 Å². The molecule has 0 radical (unpaired) electrons. The number of hydrogen-bond acceptors (Lipinski definition) is 4. The molecule has 0 bridgehead atoms. The third kappa shape index (κ3) is 6.20. The van der Waals surface area contributed by atoms with Crippen LogP contribution in [-0.4, -0.2) is 4.57 Å². The van der Waals surface area contributed by atoms with Crippen molar-refractivity contribution in [2.24, 2.45) is 0 Å². The van der Waals surface area contributed by atoms with Crippen molar-refractivity contribution in [3.63, 3.8) is 0 Å². The minimum absolute atomic E-state index is 0.836. The van der Waals surface area contributed by atoms with E-state index in [1.54, 1.807) is 0 Å². The molecule has 306 valence electrons. The molecule has 13 rings (SSSR count). The van der Waals surface area contributed by atoms with Crippen molar-refractivity contribution in [1.29, 1.82) is 0 Å². The summed E-state index contributed by atoms with van der Waals surface area (Å²) in [6, 6.07) is 85.0. The second kappa shape index (κ2) is 15.2. The van der Waals surface area contributed by atoms with Crippen LogP contribution < -0.4 is 9.80 Å². The van der Waals surface area contributed by atoms with E-state index in [9.17, 15) is 0 Å². The summed E-state index contributed by atoms with van der Waals surface area (Å²) in [7, 11) is 0. The molecule has 65 heavy (non-hydrogen) atoms. The normalized spacial score (nSPS) is 11.7. The second-order valence-electron chi connectivity index (χ2n) is 16.5. The lowest BCUT2D eigenvalue weighted by molar-refractivity contribution is 0.669. The maximum absolute atomic E-state index is 6.86. The Morgan fingerprint density at radius 2 is 0.908 bits per heavy atom. The van der Waals surface area contributed by atoms with Gasteiger partial charge in [-0.2, -0.15) is 0 Å².